The number of nitrogens with zero attached hydrogens (tertiary/aromatic N) is 2. The Morgan fingerprint density at radius 1 is 1.22 bits per heavy atom. The van der Waals surface area contributed by atoms with E-state index in [-0.39, 0.29) is 0 Å². The maximum atomic E-state index is 12.3. The van der Waals surface area contributed by atoms with Crippen LogP contribution in [0, 0.1) is 18.3 Å². The van der Waals surface area contributed by atoms with Crippen LogP contribution in [0.25, 0.3) is 11.3 Å². The average Bonchev–Trinajstić information content (AvgIpc) is 3.03. The number of aryl methyl sites for hydroxylation is 1. The summed E-state index contributed by atoms with van der Waals surface area (Å²) in [6.07, 6.45) is -1.09. The van der Waals surface area contributed by atoms with Crippen LogP contribution in [0.3, 0.4) is 0 Å². The van der Waals surface area contributed by atoms with E-state index in [1.807, 2.05) is 24.3 Å². The molecule has 0 spiro atoms. The Morgan fingerprint density at radius 2 is 1.89 bits per heavy atom. The van der Waals surface area contributed by atoms with Crippen LogP contribution in [0.5, 0.6) is 0 Å². The van der Waals surface area contributed by atoms with Gasteiger partial charge in [-0.05, 0) is 55.8 Å². The zero-order valence-electron chi connectivity index (χ0n) is 14.7. The molecule has 0 radical (unpaired) electrons. The molecule has 0 unspecified atom stereocenters. The molecule has 7 heteroatoms. The Kier molecular flexibility index (Phi) is 5.57. The van der Waals surface area contributed by atoms with Gasteiger partial charge in [-0.3, -0.25) is 5.32 Å². The molecule has 2 aromatic carbocycles. The Labute approximate surface area is 164 Å². The lowest BCUT2D eigenvalue weighted by Gasteiger charge is -2.14. The summed E-state index contributed by atoms with van der Waals surface area (Å²) in [5.41, 5.74) is 3.15. The molecule has 27 heavy (non-hydrogen) atoms. The normalized spacial score (nSPS) is 11.5. The van der Waals surface area contributed by atoms with Crippen LogP contribution in [-0.2, 0) is 4.74 Å². The molecule has 0 aliphatic heterocycles. The molecule has 3 aromatic rings. The monoisotopic (exact) mass is 425 g/mol. The minimum absolute atomic E-state index is 0.461. The van der Waals surface area contributed by atoms with Crippen LogP contribution in [0.15, 0.2) is 57.5 Å². The summed E-state index contributed by atoms with van der Waals surface area (Å²) >= 11 is 3.39. The van der Waals surface area contributed by atoms with Crippen LogP contribution in [0.2, 0.25) is 0 Å². The lowest BCUT2D eigenvalue weighted by molar-refractivity contribution is 0.121. The van der Waals surface area contributed by atoms with Crippen molar-refractivity contribution >= 4 is 27.7 Å². The summed E-state index contributed by atoms with van der Waals surface area (Å²) in [6.45, 7) is 3.50. The minimum Gasteiger partial charge on any atom is -0.441 e. The molecule has 136 valence electrons. The Balaban J connectivity index is 1.73. The van der Waals surface area contributed by atoms with Crippen LogP contribution >= 0.6 is 15.9 Å². The number of anilines is 1. The first-order valence-electron chi connectivity index (χ1n) is 8.18. The molecule has 0 saturated heterocycles. The van der Waals surface area contributed by atoms with Gasteiger partial charge < -0.3 is 9.26 Å². The molecule has 0 aliphatic rings. The SMILES string of the molecule is Cc1noc(-c2ccc(Br)cc2)c1NC(=O)O[C@H](C)c1ccc(C#N)cc1. The molecular formula is C20H16BrN3O3. The molecular weight excluding hydrogens is 410 g/mol. The number of nitrogens with one attached hydrogen (secondary N) is 1. The molecule has 1 N–H and O–H groups in total. The topological polar surface area (TPSA) is 88.2 Å². The van der Waals surface area contributed by atoms with E-state index in [1.165, 1.54) is 0 Å². The smallest absolute Gasteiger partial charge is 0.412 e. The second-order valence-corrected chi connectivity index (χ2v) is 6.80. The zero-order valence-corrected chi connectivity index (χ0v) is 16.3. The molecule has 1 amide bonds. The van der Waals surface area contributed by atoms with Crippen molar-refractivity contribution < 1.29 is 14.1 Å². The third-order valence-corrected chi connectivity index (χ3v) is 4.52. The van der Waals surface area contributed by atoms with Gasteiger partial charge in [0.05, 0.1) is 11.6 Å². The lowest BCUT2D eigenvalue weighted by Crippen LogP contribution is -2.16. The van der Waals surface area contributed by atoms with Gasteiger partial charge in [-0.2, -0.15) is 5.26 Å². The molecule has 1 aromatic heterocycles. The Hall–Kier alpha value is -3.11. The molecule has 1 heterocycles. The largest absolute Gasteiger partial charge is 0.441 e. The van der Waals surface area contributed by atoms with Crippen LogP contribution < -0.4 is 5.32 Å². The Morgan fingerprint density at radius 3 is 2.52 bits per heavy atom. The lowest BCUT2D eigenvalue weighted by atomic mass is 10.1. The molecule has 0 bridgehead atoms. The first-order chi connectivity index (χ1) is 13.0. The van der Waals surface area contributed by atoms with Crippen molar-refractivity contribution in [1.82, 2.24) is 5.16 Å². The van der Waals surface area contributed by atoms with E-state index in [9.17, 15) is 4.79 Å². The van der Waals surface area contributed by atoms with E-state index in [4.69, 9.17) is 14.5 Å². The number of aromatic nitrogens is 1. The van der Waals surface area contributed by atoms with E-state index in [0.717, 1.165) is 15.6 Å². The average molecular weight is 426 g/mol. The summed E-state index contributed by atoms with van der Waals surface area (Å²) in [5, 5.41) is 15.5. The number of carbonyl (C=O) groups excluding carboxylic acids is 1. The number of halogens is 1. The van der Waals surface area contributed by atoms with Gasteiger partial charge in [0.25, 0.3) is 0 Å². The minimum atomic E-state index is -0.614. The maximum absolute atomic E-state index is 12.3. The Bertz CT molecular complexity index is 989. The second kappa shape index (κ2) is 8.06. The van der Waals surface area contributed by atoms with Gasteiger partial charge in [-0.25, -0.2) is 4.79 Å². The van der Waals surface area contributed by atoms with Gasteiger partial charge in [-0.15, -0.1) is 0 Å². The predicted molar refractivity (Wildman–Crippen MR) is 104 cm³/mol. The van der Waals surface area contributed by atoms with Crippen molar-refractivity contribution in [1.29, 1.82) is 5.26 Å². The van der Waals surface area contributed by atoms with Crippen molar-refractivity contribution in [2.24, 2.45) is 0 Å². The van der Waals surface area contributed by atoms with Gasteiger partial charge in [0.2, 0.25) is 0 Å². The highest BCUT2D eigenvalue weighted by molar-refractivity contribution is 9.10. The fraction of sp³-hybridized carbons (Fsp3) is 0.150. The number of rotatable bonds is 4. The highest BCUT2D eigenvalue weighted by Crippen LogP contribution is 2.32. The van der Waals surface area contributed by atoms with E-state index in [1.54, 1.807) is 38.1 Å². The number of hydrogen-bond donors (Lipinski definition) is 1. The van der Waals surface area contributed by atoms with Gasteiger partial charge in [0.15, 0.2) is 5.76 Å². The summed E-state index contributed by atoms with van der Waals surface area (Å²) < 4.78 is 11.7. The zero-order chi connectivity index (χ0) is 19.4. The quantitative estimate of drug-likeness (QED) is 0.587. The first kappa shape index (κ1) is 18.7. The fourth-order valence-corrected chi connectivity index (χ4v) is 2.77. The number of carbonyl (C=O) groups is 1. The number of nitriles is 1. The van der Waals surface area contributed by atoms with Gasteiger partial charge >= 0.3 is 6.09 Å². The molecule has 0 fully saturated rings. The summed E-state index contributed by atoms with van der Waals surface area (Å²) in [7, 11) is 0. The standard InChI is InChI=1S/C20H16BrN3O3/c1-12-18(19(27-24-12)16-7-9-17(21)10-8-16)23-20(25)26-13(2)15-5-3-14(11-22)4-6-15/h3-10,13H,1-2H3,(H,23,25)/t13-/m1/s1. The van der Waals surface area contributed by atoms with E-state index in [0.29, 0.717) is 22.7 Å². The predicted octanol–water partition coefficient (Wildman–Crippen LogP) is 5.59. The molecule has 6 nitrogen and oxygen atoms in total. The maximum Gasteiger partial charge on any atom is 0.412 e. The molecule has 1 atom stereocenters. The molecule has 0 aliphatic carbocycles. The van der Waals surface area contributed by atoms with Crippen molar-refractivity contribution in [3.05, 3.63) is 69.8 Å². The first-order valence-corrected chi connectivity index (χ1v) is 8.97. The van der Waals surface area contributed by atoms with E-state index < -0.39 is 12.2 Å². The fourth-order valence-electron chi connectivity index (χ4n) is 2.50. The van der Waals surface area contributed by atoms with E-state index >= 15 is 0 Å². The van der Waals surface area contributed by atoms with Crippen molar-refractivity contribution in [3.63, 3.8) is 0 Å². The van der Waals surface area contributed by atoms with Crippen LogP contribution in [0.1, 0.15) is 29.8 Å². The number of benzene rings is 2. The van der Waals surface area contributed by atoms with Crippen LogP contribution in [0.4, 0.5) is 10.5 Å². The van der Waals surface area contributed by atoms with Crippen molar-refractivity contribution in [3.8, 4) is 17.4 Å². The van der Waals surface area contributed by atoms with Crippen molar-refractivity contribution in [2.45, 2.75) is 20.0 Å². The highest BCUT2D eigenvalue weighted by atomic mass is 79.9. The summed E-state index contributed by atoms with van der Waals surface area (Å²) in [6, 6.07) is 16.4. The van der Waals surface area contributed by atoms with Crippen molar-refractivity contribution in [2.75, 3.05) is 5.32 Å². The number of hydrogen-bond acceptors (Lipinski definition) is 5. The summed E-state index contributed by atoms with van der Waals surface area (Å²) in [5.74, 6) is 0.461. The number of ether oxygens (including phenoxy) is 1. The third-order valence-electron chi connectivity index (χ3n) is 3.99. The summed E-state index contributed by atoms with van der Waals surface area (Å²) in [4.78, 5) is 12.3. The van der Waals surface area contributed by atoms with Gasteiger partial charge in [-0.1, -0.05) is 33.2 Å². The molecule has 3 rings (SSSR count). The van der Waals surface area contributed by atoms with Gasteiger partial charge in [0.1, 0.15) is 17.5 Å². The molecule has 0 saturated carbocycles. The van der Waals surface area contributed by atoms with Gasteiger partial charge in [0, 0.05) is 10.0 Å². The van der Waals surface area contributed by atoms with E-state index in [2.05, 4.69) is 32.5 Å². The highest BCUT2D eigenvalue weighted by Gasteiger charge is 2.19. The third kappa shape index (κ3) is 4.36. The second-order valence-electron chi connectivity index (χ2n) is 5.89. The van der Waals surface area contributed by atoms with Crippen LogP contribution in [-0.4, -0.2) is 11.2 Å². The number of amides is 1.